The number of benzene rings is 2. The van der Waals surface area contributed by atoms with Crippen molar-refractivity contribution in [2.45, 2.75) is 53.4 Å². The van der Waals surface area contributed by atoms with Crippen LogP contribution in [0, 0.1) is 5.41 Å². The van der Waals surface area contributed by atoms with Gasteiger partial charge >= 0.3 is 0 Å². The van der Waals surface area contributed by atoms with Crippen LogP contribution in [0.4, 0.5) is 0 Å². The molecule has 0 heterocycles. The lowest BCUT2D eigenvalue weighted by atomic mass is 9.82. The Kier molecular flexibility index (Phi) is 6.41. The highest BCUT2D eigenvalue weighted by atomic mass is 16.1. The highest BCUT2D eigenvalue weighted by molar-refractivity contribution is 5.72. The Hall–Kier alpha value is -2.09. The molecule has 2 heteroatoms. The van der Waals surface area contributed by atoms with Crippen molar-refractivity contribution in [3.8, 4) is 11.1 Å². The van der Waals surface area contributed by atoms with Crippen molar-refractivity contribution in [3.63, 3.8) is 0 Å². The molecule has 25 heavy (non-hydrogen) atoms. The quantitative estimate of drug-likeness (QED) is 0.733. The monoisotopic (exact) mass is 337 g/mol. The van der Waals surface area contributed by atoms with E-state index in [1.165, 1.54) is 28.7 Å². The van der Waals surface area contributed by atoms with E-state index in [-0.39, 0.29) is 5.91 Å². The number of carbonyl (C=O) groups is 1. The van der Waals surface area contributed by atoms with Crippen molar-refractivity contribution < 1.29 is 4.79 Å². The van der Waals surface area contributed by atoms with Crippen LogP contribution >= 0.6 is 0 Å². The topological polar surface area (TPSA) is 29.1 Å². The molecular weight excluding hydrogens is 306 g/mol. The molecule has 2 aromatic rings. The van der Waals surface area contributed by atoms with E-state index >= 15 is 0 Å². The zero-order chi connectivity index (χ0) is 18.4. The molecule has 0 aromatic heterocycles. The third kappa shape index (κ3) is 6.38. The molecule has 0 saturated heterocycles. The molecule has 0 fully saturated rings. The van der Waals surface area contributed by atoms with Gasteiger partial charge in [0, 0.05) is 13.5 Å². The summed E-state index contributed by atoms with van der Waals surface area (Å²) in [7, 11) is 0. The molecule has 1 atom stereocenters. The van der Waals surface area contributed by atoms with Gasteiger partial charge in [0.25, 0.3) is 0 Å². The number of hydrogen-bond donors (Lipinski definition) is 1. The minimum absolute atomic E-state index is 0.0254. The van der Waals surface area contributed by atoms with Crippen molar-refractivity contribution in [1.82, 2.24) is 5.32 Å². The first kappa shape index (κ1) is 19.2. The molecule has 0 saturated carbocycles. The predicted molar refractivity (Wildman–Crippen MR) is 107 cm³/mol. The van der Waals surface area contributed by atoms with E-state index in [0.717, 1.165) is 6.42 Å². The summed E-state index contributed by atoms with van der Waals surface area (Å²) >= 11 is 0. The first-order chi connectivity index (χ1) is 11.7. The third-order valence-corrected chi connectivity index (χ3v) is 4.47. The summed E-state index contributed by atoms with van der Waals surface area (Å²) in [6, 6.07) is 17.6. The SMILES string of the molecule is CC(=O)NCCc1ccc(-c2ccc(C(C)CC(C)(C)C)cc2)cc1. The van der Waals surface area contributed by atoms with Gasteiger partial charge in [-0.1, -0.05) is 76.2 Å². The Bertz CT molecular complexity index is 678. The van der Waals surface area contributed by atoms with Crippen molar-refractivity contribution >= 4 is 5.91 Å². The summed E-state index contributed by atoms with van der Waals surface area (Å²) in [4.78, 5) is 10.9. The summed E-state index contributed by atoms with van der Waals surface area (Å²) in [5, 5.41) is 2.83. The van der Waals surface area contributed by atoms with E-state index in [9.17, 15) is 4.79 Å². The normalized spacial score (nSPS) is 12.7. The average Bonchev–Trinajstić information content (AvgIpc) is 2.54. The Morgan fingerprint density at radius 2 is 1.48 bits per heavy atom. The maximum Gasteiger partial charge on any atom is 0.216 e. The van der Waals surface area contributed by atoms with Gasteiger partial charge in [0.15, 0.2) is 0 Å². The largest absolute Gasteiger partial charge is 0.356 e. The van der Waals surface area contributed by atoms with Gasteiger partial charge in [-0.05, 0) is 46.4 Å². The fourth-order valence-corrected chi connectivity index (χ4v) is 3.29. The predicted octanol–water partition coefficient (Wildman–Crippen LogP) is 5.57. The van der Waals surface area contributed by atoms with Gasteiger partial charge in [-0.25, -0.2) is 0 Å². The molecule has 0 spiro atoms. The number of hydrogen-bond acceptors (Lipinski definition) is 1. The van der Waals surface area contributed by atoms with E-state index in [4.69, 9.17) is 0 Å². The molecule has 1 N–H and O–H groups in total. The molecule has 0 bridgehead atoms. The Balaban J connectivity index is 2.00. The minimum atomic E-state index is 0.0254. The van der Waals surface area contributed by atoms with Crippen LogP contribution in [0.15, 0.2) is 48.5 Å². The van der Waals surface area contributed by atoms with Crippen LogP contribution in [-0.4, -0.2) is 12.5 Å². The summed E-state index contributed by atoms with van der Waals surface area (Å²) in [5.74, 6) is 0.600. The van der Waals surface area contributed by atoms with Crippen LogP contribution in [0.5, 0.6) is 0 Å². The van der Waals surface area contributed by atoms with E-state index in [0.29, 0.717) is 17.9 Å². The second-order valence-corrected chi connectivity index (χ2v) is 8.22. The van der Waals surface area contributed by atoms with Crippen LogP contribution in [0.2, 0.25) is 0 Å². The smallest absolute Gasteiger partial charge is 0.216 e. The van der Waals surface area contributed by atoms with Crippen LogP contribution in [0.25, 0.3) is 11.1 Å². The first-order valence-electron chi connectivity index (χ1n) is 9.18. The highest BCUT2D eigenvalue weighted by Gasteiger charge is 2.16. The molecular formula is C23H31NO. The first-order valence-corrected chi connectivity index (χ1v) is 9.18. The molecule has 1 amide bonds. The molecule has 0 radical (unpaired) electrons. The summed E-state index contributed by atoms with van der Waals surface area (Å²) in [6.07, 6.45) is 2.05. The summed E-state index contributed by atoms with van der Waals surface area (Å²) in [5.41, 5.74) is 5.49. The molecule has 1 unspecified atom stereocenters. The van der Waals surface area contributed by atoms with Crippen LogP contribution in [0.3, 0.4) is 0 Å². The number of rotatable bonds is 6. The lowest BCUT2D eigenvalue weighted by Crippen LogP contribution is -2.22. The Morgan fingerprint density at radius 3 is 1.96 bits per heavy atom. The lowest BCUT2D eigenvalue weighted by Gasteiger charge is -2.23. The van der Waals surface area contributed by atoms with E-state index in [2.05, 4.69) is 81.5 Å². The standard InChI is InChI=1S/C23H31NO/c1-17(16-23(3,4)5)20-10-12-22(13-11-20)21-8-6-19(7-9-21)14-15-24-18(2)25/h6-13,17H,14-16H2,1-5H3,(H,24,25). The Morgan fingerprint density at radius 1 is 0.960 bits per heavy atom. The number of nitrogens with one attached hydrogen (secondary N) is 1. The van der Waals surface area contributed by atoms with Gasteiger partial charge in [-0.15, -0.1) is 0 Å². The van der Waals surface area contributed by atoms with E-state index < -0.39 is 0 Å². The molecule has 0 aliphatic rings. The maximum atomic E-state index is 10.9. The molecule has 2 rings (SSSR count). The number of amides is 1. The fourth-order valence-electron chi connectivity index (χ4n) is 3.29. The van der Waals surface area contributed by atoms with Gasteiger partial charge in [-0.3, -0.25) is 4.79 Å². The van der Waals surface area contributed by atoms with Gasteiger partial charge < -0.3 is 5.32 Å². The van der Waals surface area contributed by atoms with E-state index in [1.807, 2.05) is 0 Å². The van der Waals surface area contributed by atoms with Gasteiger partial charge in [0.2, 0.25) is 5.91 Å². The summed E-state index contributed by atoms with van der Waals surface area (Å²) in [6.45, 7) is 11.4. The van der Waals surface area contributed by atoms with Gasteiger partial charge in [0.1, 0.15) is 0 Å². The minimum Gasteiger partial charge on any atom is -0.356 e. The van der Waals surface area contributed by atoms with Gasteiger partial charge in [0.05, 0.1) is 0 Å². The second kappa shape index (κ2) is 8.33. The highest BCUT2D eigenvalue weighted by Crippen LogP contribution is 2.31. The van der Waals surface area contributed by atoms with Crippen molar-refractivity contribution in [1.29, 1.82) is 0 Å². The van der Waals surface area contributed by atoms with Crippen molar-refractivity contribution in [2.24, 2.45) is 5.41 Å². The van der Waals surface area contributed by atoms with Gasteiger partial charge in [-0.2, -0.15) is 0 Å². The zero-order valence-electron chi connectivity index (χ0n) is 16.2. The molecule has 134 valence electrons. The molecule has 2 nitrogen and oxygen atoms in total. The molecule has 2 aromatic carbocycles. The number of carbonyl (C=O) groups excluding carboxylic acids is 1. The molecule has 0 aliphatic heterocycles. The fraction of sp³-hybridized carbons (Fsp3) is 0.435. The van der Waals surface area contributed by atoms with E-state index in [1.54, 1.807) is 6.92 Å². The van der Waals surface area contributed by atoms with Crippen LogP contribution in [0.1, 0.15) is 58.1 Å². The average molecular weight is 338 g/mol. The van der Waals surface area contributed by atoms with Crippen molar-refractivity contribution in [3.05, 3.63) is 59.7 Å². The lowest BCUT2D eigenvalue weighted by molar-refractivity contribution is -0.118. The summed E-state index contributed by atoms with van der Waals surface area (Å²) < 4.78 is 0. The second-order valence-electron chi connectivity index (χ2n) is 8.22. The zero-order valence-corrected chi connectivity index (χ0v) is 16.2. The third-order valence-electron chi connectivity index (χ3n) is 4.47. The van der Waals surface area contributed by atoms with Crippen LogP contribution < -0.4 is 5.32 Å². The van der Waals surface area contributed by atoms with Crippen LogP contribution in [-0.2, 0) is 11.2 Å². The maximum absolute atomic E-state index is 10.9. The molecule has 0 aliphatic carbocycles. The Labute approximate surface area is 152 Å². The van der Waals surface area contributed by atoms with Crippen molar-refractivity contribution in [2.75, 3.05) is 6.54 Å².